The Bertz CT molecular complexity index is 1290. The first-order valence-corrected chi connectivity index (χ1v) is 14.3. The zero-order valence-corrected chi connectivity index (χ0v) is 23.1. The third-order valence-electron chi connectivity index (χ3n) is 8.66. The summed E-state index contributed by atoms with van der Waals surface area (Å²) in [5, 5.41) is 41.0. The second-order valence-electron chi connectivity index (χ2n) is 11.3. The fourth-order valence-electron chi connectivity index (χ4n) is 6.12. The number of aliphatic hydroxyl groups excluding tert-OH is 4. The van der Waals surface area contributed by atoms with E-state index in [0.29, 0.717) is 31.2 Å². The molecule has 1 amide bonds. The number of para-hydroxylation sites is 1. The van der Waals surface area contributed by atoms with Gasteiger partial charge in [0.05, 0.1) is 43.0 Å². The number of hydrogen-bond acceptors (Lipinski definition) is 6. The maximum absolute atomic E-state index is 13.3. The van der Waals surface area contributed by atoms with Gasteiger partial charge in [0.15, 0.2) is 0 Å². The third-order valence-corrected chi connectivity index (χ3v) is 8.66. The van der Waals surface area contributed by atoms with E-state index in [4.69, 9.17) is 4.74 Å². The largest absolute Gasteiger partial charge is 0.394 e. The van der Waals surface area contributed by atoms with Crippen molar-refractivity contribution in [2.45, 2.75) is 69.2 Å². The second kappa shape index (κ2) is 12.8. The maximum Gasteiger partial charge on any atom is 0.233 e. The Morgan fingerprint density at radius 2 is 1.56 bits per heavy atom. The van der Waals surface area contributed by atoms with Gasteiger partial charge in [-0.3, -0.25) is 4.79 Å². The number of aliphatic hydroxyl groups is 4. The lowest BCUT2D eigenvalue weighted by Crippen LogP contribution is -2.55. The first-order valence-electron chi connectivity index (χ1n) is 14.3. The number of benzene rings is 3. The zero-order chi connectivity index (χ0) is 29.1. The van der Waals surface area contributed by atoms with Crippen LogP contribution in [-0.4, -0.2) is 57.4 Å². The Balaban J connectivity index is 1.27. The number of carbonyl (C=O) groups is 1. The second-order valence-corrected chi connectivity index (χ2v) is 11.3. The highest BCUT2D eigenvalue weighted by molar-refractivity contribution is 6.03. The van der Waals surface area contributed by atoms with Crippen molar-refractivity contribution >= 4 is 11.6 Å². The molecule has 0 spiro atoms. The quantitative estimate of drug-likeness (QED) is 0.277. The molecule has 0 aliphatic carbocycles. The Kier molecular flexibility index (Phi) is 9.16. The van der Waals surface area contributed by atoms with Gasteiger partial charge in [-0.1, -0.05) is 61.5 Å². The van der Waals surface area contributed by atoms with Crippen LogP contribution >= 0.6 is 0 Å². The molecule has 0 aromatic heterocycles. The molecule has 2 aliphatic heterocycles. The number of rotatable bonds is 10. The zero-order valence-electron chi connectivity index (χ0n) is 23.1. The lowest BCUT2D eigenvalue weighted by Gasteiger charge is -2.48. The van der Waals surface area contributed by atoms with Crippen LogP contribution in [0.15, 0.2) is 78.9 Å². The average molecular weight is 564 g/mol. The van der Waals surface area contributed by atoms with Gasteiger partial charge >= 0.3 is 0 Å². The third kappa shape index (κ3) is 6.22. The molecular formula is C33H38FNO6. The molecule has 0 radical (unpaired) electrons. The number of hydrogen-bond donors (Lipinski definition) is 4. The molecule has 5 rings (SSSR count). The van der Waals surface area contributed by atoms with Gasteiger partial charge in [0.1, 0.15) is 11.9 Å². The maximum atomic E-state index is 13.3. The number of β-lactam (4-membered cyclic amide) rings is 1. The molecule has 2 saturated heterocycles. The average Bonchev–Trinajstić information content (AvgIpc) is 2.99. The van der Waals surface area contributed by atoms with Gasteiger partial charge in [0.25, 0.3) is 0 Å². The van der Waals surface area contributed by atoms with Crippen LogP contribution in [-0.2, 0) is 16.0 Å². The summed E-state index contributed by atoms with van der Waals surface area (Å²) in [6, 6.07) is 23.2. The van der Waals surface area contributed by atoms with Crippen molar-refractivity contribution in [2.75, 3.05) is 11.5 Å². The smallest absolute Gasteiger partial charge is 0.233 e. The molecule has 2 fully saturated rings. The Morgan fingerprint density at radius 1 is 0.902 bits per heavy atom. The van der Waals surface area contributed by atoms with E-state index in [1.54, 1.807) is 24.0 Å². The summed E-state index contributed by atoms with van der Waals surface area (Å²) in [5.41, 5.74) is 3.48. The standard InChI is InChI=1S/C33H38FNO6/c1-20-31(38)28(41-29(19-36)32(20)39)18-9-21-7-10-23(11-8-21)30-26(33(40)35(30)25-5-3-2-4-6-25)16-17-27(37)22-12-14-24(34)15-13-22/h2-8,10-15,20,26-32,36-39H,9,16-19H2,1H3/t20-,26-,27+,28+,29-,30-,31-,32+/m1/s1. The topological polar surface area (TPSA) is 110 Å². The van der Waals surface area contributed by atoms with Gasteiger partial charge in [-0.2, -0.15) is 0 Å². The fraction of sp³-hybridized carbons (Fsp3) is 0.424. The molecular weight excluding hydrogens is 525 g/mol. The minimum atomic E-state index is -0.909. The highest BCUT2D eigenvalue weighted by Crippen LogP contribution is 2.46. The normalized spacial score (nSPS) is 28.8. The summed E-state index contributed by atoms with van der Waals surface area (Å²) in [6.45, 7) is 1.46. The minimum absolute atomic E-state index is 0.00904. The van der Waals surface area contributed by atoms with Crippen molar-refractivity contribution in [3.63, 3.8) is 0 Å². The molecule has 3 aromatic carbocycles. The monoisotopic (exact) mass is 563 g/mol. The minimum Gasteiger partial charge on any atom is -0.394 e. The summed E-state index contributed by atoms with van der Waals surface area (Å²) in [7, 11) is 0. The van der Waals surface area contributed by atoms with Crippen LogP contribution in [0, 0.1) is 17.7 Å². The predicted molar refractivity (Wildman–Crippen MR) is 152 cm³/mol. The summed E-state index contributed by atoms with van der Waals surface area (Å²) in [6.07, 6.45) is -1.67. The SMILES string of the molecule is C[C@@H]1[C@@H](O)[C@H](CCc2ccc([C@@H]3[C@@H](CC[C@H](O)c4ccc(F)cc4)C(=O)N3c3ccccc3)cc2)O[C@H](CO)[C@H]1O. The molecule has 0 bridgehead atoms. The van der Waals surface area contributed by atoms with Crippen molar-refractivity contribution in [1.29, 1.82) is 0 Å². The molecule has 41 heavy (non-hydrogen) atoms. The summed E-state index contributed by atoms with van der Waals surface area (Å²) >= 11 is 0. The van der Waals surface area contributed by atoms with Crippen LogP contribution in [0.2, 0.25) is 0 Å². The van der Waals surface area contributed by atoms with Crippen LogP contribution in [0.25, 0.3) is 0 Å². The molecule has 8 atom stereocenters. The Hall–Kier alpha value is -3.14. The lowest BCUT2D eigenvalue weighted by molar-refractivity contribution is -0.206. The van der Waals surface area contributed by atoms with E-state index in [1.807, 2.05) is 54.6 Å². The van der Waals surface area contributed by atoms with E-state index in [-0.39, 0.29) is 30.3 Å². The van der Waals surface area contributed by atoms with Gasteiger partial charge in [-0.25, -0.2) is 4.39 Å². The first kappa shape index (κ1) is 29.4. The number of aryl methyl sites for hydroxylation is 1. The number of anilines is 1. The molecule has 218 valence electrons. The van der Waals surface area contributed by atoms with Gasteiger partial charge in [0.2, 0.25) is 5.91 Å². The van der Waals surface area contributed by atoms with Crippen LogP contribution in [0.5, 0.6) is 0 Å². The van der Waals surface area contributed by atoms with E-state index in [0.717, 1.165) is 16.8 Å². The van der Waals surface area contributed by atoms with E-state index < -0.39 is 36.4 Å². The van der Waals surface area contributed by atoms with Gasteiger partial charge in [0, 0.05) is 11.6 Å². The Labute approximate surface area is 239 Å². The van der Waals surface area contributed by atoms with Crippen molar-refractivity contribution < 1.29 is 34.3 Å². The van der Waals surface area contributed by atoms with Crippen LogP contribution in [0.1, 0.15) is 55.0 Å². The van der Waals surface area contributed by atoms with Gasteiger partial charge in [-0.15, -0.1) is 0 Å². The van der Waals surface area contributed by atoms with Crippen LogP contribution in [0.3, 0.4) is 0 Å². The lowest BCUT2D eigenvalue weighted by atomic mass is 9.78. The van der Waals surface area contributed by atoms with Crippen LogP contribution in [0.4, 0.5) is 10.1 Å². The van der Waals surface area contributed by atoms with Crippen molar-refractivity contribution in [3.8, 4) is 0 Å². The molecule has 2 aliphatic rings. The molecule has 4 N–H and O–H groups in total. The molecule has 2 heterocycles. The summed E-state index contributed by atoms with van der Waals surface area (Å²) in [5.74, 6) is -1.05. The number of ether oxygens (including phenoxy) is 1. The van der Waals surface area contributed by atoms with E-state index in [2.05, 4.69) is 0 Å². The molecule has 3 aromatic rings. The number of carbonyl (C=O) groups excluding carboxylic acids is 1. The number of amides is 1. The van der Waals surface area contributed by atoms with E-state index >= 15 is 0 Å². The van der Waals surface area contributed by atoms with Crippen molar-refractivity contribution in [3.05, 3.63) is 101 Å². The van der Waals surface area contributed by atoms with Crippen molar-refractivity contribution in [2.24, 2.45) is 11.8 Å². The number of nitrogens with zero attached hydrogens (tertiary/aromatic N) is 1. The highest BCUT2D eigenvalue weighted by Gasteiger charge is 2.48. The molecule has 0 saturated carbocycles. The Morgan fingerprint density at radius 3 is 2.22 bits per heavy atom. The summed E-state index contributed by atoms with van der Waals surface area (Å²) in [4.78, 5) is 15.1. The predicted octanol–water partition coefficient (Wildman–Crippen LogP) is 4.09. The highest BCUT2D eigenvalue weighted by atomic mass is 19.1. The first-order chi connectivity index (χ1) is 19.8. The van der Waals surface area contributed by atoms with Gasteiger partial charge in [-0.05, 0) is 66.6 Å². The molecule has 8 heteroatoms. The number of halogens is 1. The fourth-order valence-corrected chi connectivity index (χ4v) is 6.12. The van der Waals surface area contributed by atoms with Gasteiger partial charge < -0.3 is 30.1 Å². The molecule has 0 unspecified atom stereocenters. The van der Waals surface area contributed by atoms with E-state index in [1.165, 1.54) is 12.1 Å². The summed E-state index contributed by atoms with van der Waals surface area (Å²) < 4.78 is 19.1. The van der Waals surface area contributed by atoms with Crippen molar-refractivity contribution in [1.82, 2.24) is 0 Å². The van der Waals surface area contributed by atoms with E-state index in [9.17, 15) is 29.6 Å². The van der Waals surface area contributed by atoms with Crippen LogP contribution < -0.4 is 4.90 Å². The molecule has 7 nitrogen and oxygen atoms in total.